The van der Waals surface area contributed by atoms with Gasteiger partial charge in [0.15, 0.2) is 6.10 Å². The van der Waals surface area contributed by atoms with E-state index in [-0.39, 0.29) is 11.2 Å². The molecule has 1 heterocycles. The van der Waals surface area contributed by atoms with E-state index in [1.807, 2.05) is 52.0 Å². The molecule has 6 heteroatoms. The summed E-state index contributed by atoms with van der Waals surface area (Å²) < 4.78 is 21.9. The Bertz CT molecular complexity index is 522. The zero-order chi connectivity index (χ0) is 16.5. The molecule has 1 aromatic rings. The summed E-state index contributed by atoms with van der Waals surface area (Å²) in [5.41, 5.74) is 0.881. The standard InChI is InChI=1S/C16H23BO5/c1-15(2)16(3,4)22-17(21-15)12-9-7-11(8-10-12)13(19-5)14(18)20-6/h7-10,13H,1-6H3. The molecule has 1 fully saturated rings. The van der Waals surface area contributed by atoms with Crippen LogP contribution in [0.15, 0.2) is 24.3 Å². The topological polar surface area (TPSA) is 54.0 Å². The summed E-state index contributed by atoms with van der Waals surface area (Å²) in [5.74, 6) is -0.425. The van der Waals surface area contributed by atoms with Crippen LogP contribution in [0.4, 0.5) is 0 Å². The predicted octanol–water partition coefficient (Wildman–Crippen LogP) is 1.85. The molecular weight excluding hydrogens is 283 g/mol. The molecule has 0 saturated carbocycles. The molecular formula is C16H23BO5. The van der Waals surface area contributed by atoms with Crippen molar-refractivity contribution in [3.05, 3.63) is 29.8 Å². The van der Waals surface area contributed by atoms with Crippen molar-refractivity contribution in [2.24, 2.45) is 0 Å². The lowest BCUT2D eigenvalue weighted by atomic mass is 9.78. The third kappa shape index (κ3) is 3.04. The highest BCUT2D eigenvalue weighted by Gasteiger charge is 2.51. The van der Waals surface area contributed by atoms with Crippen molar-refractivity contribution in [1.29, 1.82) is 0 Å². The van der Waals surface area contributed by atoms with Gasteiger partial charge in [-0.05, 0) is 38.7 Å². The van der Waals surface area contributed by atoms with Crippen molar-refractivity contribution < 1.29 is 23.6 Å². The number of rotatable bonds is 4. The Morgan fingerprint density at radius 3 is 1.95 bits per heavy atom. The Morgan fingerprint density at radius 1 is 1.05 bits per heavy atom. The summed E-state index contributed by atoms with van der Waals surface area (Å²) in [7, 11) is 2.40. The van der Waals surface area contributed by atoms with Gasteiger partial charge in [0.25, 0.3) is 0 Å². The van der Waals surface area contributed by atoms with E-state index in [2.05, 4.69) is 0 Å². The maximum absolute atomic E-state index is 11.7. The van der Waals surface area contributed by atoms with Crippen LogP contribution in [-0.2, 0) is 23.6 Å². The Balaban J connectivity index is 2.18. The Kier molecular flexibility index (Phi) is 4.66. The van der Waals surface area contributed by atoms with E-state index < -0.39 is 19.2 Å². The van der Waals surface area contributed by atoms with Crippen LogP contribution in [0.2, 0.25) is 0 Å². The number of methoxy groups -OCH3 is 2. The molecule has 120 valence electrons. The highest BCUT2D eigenvalue weighted by Crippen LogP contribution is 2.36. The molecule has 0 spiro atoms. The van der Waals surface area contributed by atoms with Gasteiger partial charge in [-0.15, -0.1) is 0 Å². The first-order valence-electron chi connectivity index (χ1n) is 7.28. The molecule has 1 unspecified atom stereocenters. The van der Waals surface area contributed by atoms with Gasteiger partial charge in [-0.1, -0.05) is 24.3 Å². The summed E-state index contributed by atoms with van der Waals surface area (Å²) in [5, 5.41) is 0. The van der Waals surface area contributed by atoms with Crippen molar-refractivity contribution in [2.75, 3.05) is 14.2 Å². The molecule has 0 aromatic heterocycles. The smallest absolute Gasteiger partial charge is 0.467 e. The molecule has 1 saturated heterocycles. The van der Waals surface area contributed by atoms with Crippen LogP contribution in [0, 0.1) is 0 Å². The number of esters is 1. The molecule has 0 N–H and O–H groups in total. The molecule has 22 heavy (non-hydrogen) atoms. The van der Waals surface area contributed by atoms with Crippen LogP contribution in [-0.4, -0.2) is 38.5 Å². The zero-order valence-electron chi connectivity index (χ0n) is 14.0. The predicted molar refractivity (Wildman–Crippen MR) is 83.9 cm³/mol. The van der Waals surface area contributed by atoms with E-state index in [0.29, 0.717) is 0 Å². The largest absolute Gasteiger partial charge is 0.494 e. The Hall–Kier alpha value is -1.37. The van der Waals surface area contributed by atoms with E-state index in [1.165, 1.54) is 14.2 Å². The number of carbonyl (C=O) groups is 1. The van der Waals surface area contributed by atoms with Gasteiger partial charge in [0.05, 0.1) is 18.3 Å². The molecule has 5 nitrogen and oxygen atoms in total. The van der Waals surface area contributed by atoms with Crippen LogP contribution in [0.5, 0.6) is 0 Å². The summed E-state index contributed by atoms with van der Waals surface area (Å²) in [6, 6.07) is 7.41. The van der Waals surface area contributed by atoms with Crippen molar-refractivity contribution >= 4 is 18.6 Å². The molecule has 2 rings (SSSR count). The van der Waals surface area contributed by atoms with Crippen LogP contribution in [0.3, 0.4) is 0 Å². The molecule has 1 atom stereocenters. The van der Waals surface area contributed by atoms with Crippen LogP contribution < -0.4 is 5.46 Å². The fraction of sp³-hybridized carbons (Fsp3) is 0.562. The minimum Gasteiger partial charge on any atom is -0.467 e. The van der Waals surface area contributed by atoms with Gasteiger partial charge in [-0.2, -0.15) is 0 Å². The monoisotopic (exact) mass is 306 g/mol. The third-order valence-corrected chi connectivity index (χ3v) is 4.42. The quantitative estimate of drug-likeness (QED) is 0.627. The van der Waals surface area contributed by atoms with Gasteiger partial charge in [-0.3, -0.25) is 0 Å². The minimum absolute atomic E-state index is 0.378. The summed E-state index contributed by atoms with van der Waals surface area (Å²) >= 11 is 0. The molecule has 0 bridgehead atoms. The van der Waals surface area contributed by atoms with Crippen LogP contribution >= 0.6 is 0 Å². The second-order valence-electron chi connectivity index (χ2n) is 6.39. The molecule has 1 aliphatic heterocycles. The van der Waals surface area contributed by atoms with Crippen LogP contribution in [0.25, 0.3) is 0 Å². The average molecular weight is 306 g/mol. The number of benzene rings is 1. The highest BCUT2D eigenvalue weighted by molar-refractivity contribution is 6.62. The van der Waals surface area contributed by atoms with E-state index >= 15 is 0 Å². The van der Waals surface area contributed by atoms with E-state index in [9.17, 15) is 4.79 Å². The van der Waals surface area contributed by atoms with Crippen molar-refractivity contribution in [3.63, 3.8) is 0 Å². The minimum atomic E-state index is -0.725. The molecule has 1 aliphatic rings. The molecule has 0 radical (unpaired) electrons. The summed E-state index contributed by atoms with van der Waals surface area (Å²) in [4.78, 5) is 11.7. The lowest BCUT2D eigenvalue weighted by Gasteiger charge is -2.32. The number of hydrogen-bond donors (Lipinski definition) is 0. The van der Waals surface area contributed by atoms with E-state index in [0.717, 1.165) is 11.0 Å². The molecule has 1 aromatic carbocycles. The SMILES string of the molecule is COC(=O)C(OC)c1ccc(B2OC(C)(C)C(C)(C)O2)cc1. The van der Waals surface area contributed by atoms with Gasteiger partial charge in [0.2, 0.25) is 0 Å². The number of ether oxygens (including phenoxy) is 2. The van der Waals surface area contributed by atoms with E-state index in [4.69, 9.17) is 18.8 Å². The maximum atomic E-state index is 11.7. The summed E-state index contributed by atoms with van der Waals surface area (Å²) in [6.45, 7) is 8.05. The lowest BCUT2D eigenvalue weighted by Crippen LogP contribution is -2.41. The maximum Gasteiger partial charge on any atom is 0.494 e. The van der Waals surface area contributed by atoms with Crippen molar-refractivity contribution in [1.82, 2.24) is 0 Å². The van der Waals surface area contributed by atoms with Gasteiger partial charge in [-0.25, -0.2) is 4.79 Å². The van der Waals surface area contributed by atoms with Crippen LogP contribution in [0.1, 0.15) is 39.4 Å². The fourth-order valence-electron chi connectivity index (χ4n) is 2.28. The van der Waals surface area contributed by atoms with Gasteiger partial charge in [0, 0.05) is 7.11 Å². The fourth-order valence-corrected chi connectivity index (χ4v) is 2.28. The first kappa shape index (κ1) is 17.0. The van der Waals surface area contributed by atoms with Gasteiger partial charge in [0.1, 0.15) is 0 Å². The normalized spacial score (nSPS) is 20.7. The number of hydrogen-bond acceptors (Lipinski definition) is 5. The third-order valence-electron chi connectivity index (χ3n) is 4.42. The number of carbonyl (C=O) groups excluding carboxylic acids is 1. The Labute approximate surface area is 132 Å². The van der Waals surface area contributed by atoms with Gasteiger partial charge < -0.3 is 18.8 Å². The average Bonchev–Trinajstić information content (AvgIpc) is 2.68. The second kappa shape index (κ2) is 6.03. The lowest BCUT2D eigenvalue weighted by molar-refractivity contribution is -0.152. The molecule has 0 aliphatic carbocycles. The first-order valence-corrected chi connectivity index (χ1v) is 7.28. The zero-order valence-corrected chi connectivity index (χ0v) is 14.0. The highest BCUT2D eigenvalue weighted by atomic mass is 16.7. The summed E-state index contributed by atoms with van der Waals surface area (Å²) in [6.07, 6.45) is -0.725. The van der Waals surface area contributed by atoms with E-state index in [1.54, 1.807) is 0 Å². The van der Waals surface area contributed by atoms with Gasteiger partial charge >= 0.3 is 13.1 Å². The molecule has 0 amide bonds. The first-order chi connectivity index (χ1) is 10.2. The van der Waals surface area contributed by atoms with Crippen molar-refractivity contribution in [2.45, 2.75) is 45.0 Å². The second-order valence-corrected chi connectivity index (χ2v) is 6.39. The van der Waals surface area contributed by atoms with Crippen molar-refractivity contribution in [3.8, 4) is 0 Å². The Morgan fingerprint density at radius 2 is 1.55 bits per heavy atom.